The molecule has 0 aliphatic heterocycles. The molecule has 0 fully saturated rings. The summed E-state index contributed by atoms with van der Waals surface area (Å²) in [7, 11) is 2.04. The van der Waals surface area contributed by atoms with Crippen LogP contribution >= 0.6 is 0 Å². The van der Waals surface area contributed by atoms with Gasteiger partial charge in [-0.15, -0.1) is 9.36 Å². The van der Waals surface area contributed by atoms with Crippen molar-refractivity contribution in [3.8, 4) is 0 Å². The molecule has 1 aromatic rings. The van der Waals surface area contributed by atoms with Crippen LogP contribution in [0.4, 0.5) is 0 Å². The van der Waals surface area contributed by atoms with Crippen molar-refractivity contribution in [2.24, 2.45) is 7.05 Å². The highest BCUT2D eigenvalue weighted by molar-refractivity contribution is 4.85. The van der Waals surface area contributed by atoms with Crippen LogP contribution in [0.15, 0.2) is 6.20 Å². The lowest BCUT2D eigenvalue weighted by Crippen LogP contribution is -3.00. The quantitative estimate of drug-likeness (QED) is 0.364. The number of unbranched alkanes of at least 4 members (excludes halogenated alkanes) is 3. The van der Waals surface area contributed by atoms with Crippen LogP contribution in [0.2, 0.25) is 0 Å². The van der Waals surface area contributed by atoms with Gasteiger partial charge in [0.25, 0.3) is 0 Å². The number of aryl methyl sites for hydroxylation is 3. The van der Waals surface area contributed by atoms with Crippen molar-refractivity contribution in [3.05, 3.63) is 11.9 Å². The molecule has 0 spiro atoms. The van der Waals surface area contributed by atoms with Gasteiger partial charge in [-0.3, -0.25) is 0 Å². The minimum absolute atomic E-state index is 0. The Bertz CT molecular complexity index is 284. The van der Waals surface area contributed by atoms with Crippen molar-refractivity contribution in [1.82, 2.24) is 9.90 Å². The van der Waals surface area contributed by atoms with Gasteiger partial charge in [0, 0.05) is 6.42 Å². The van der Waals surface area contributed by atoms with E-state index < -0.39 is 0 Å². The Morgan fingerprint density at radius 2 is 1.94 bits per heavy atom. The molecule has 0 saturated heterocycles. The maximum absolute atomic E-state index is 4.46. The van der Waals surface area contributed by atoms with Gasteiger partial charge in [-0.1, -0.05) is 26.7 Å². The van der Waals surface area contributed by atoms with Crippen LogP contribution in [0, 0.1) is 0 Å². The molecule has 0 amide bonds. The Morgan fingerprint density at radius 1 is 1.19 bits per heavy atom. The van der Waals surface area contributed by atoms with Crippen molar-refractivity contribution in [3.63, 3.8) is 0 Å². The Kier molecular flexibility index (Phi) is 8.89. The van der Waals surface area contributed by atoms with Crippen molar-refractivity contribution in [2.45, 2.75) is 58.9 Å². The lowest BCUT2D eigenvalue weighted by atomic mass is 10.2. The lowest BCUT2D eigenvalue weighted by molar-refractivity contribution is -0.738. The molecule has 1 heterocycles. The molecule has 4 heteroatoms. The van der Waals surface area contributed by atoms with E-state index in [-0.39, 0.29) is 24.0 Å². The summed E-state index contributed by atoms with van der Waals surface area (Å²) in [5.41, 5.74) is 1.34. The number of hydrogen-bond acceptors (Lipinski definition) is 1. The van der Waals surface area contributed by atoms with Crippen LogP contribution in [0.5, 0.6) is 0 Å². The third kappa shape index (κ3) is 5.27. The molecule has 1 rings (SSSR count). The predicted octanol–water partition coefficient (Wildman–Crippen LogP) is -0.756. The van der Waals surface area contributed by atoms with Crippen LogP contribution < -0.4 is 28.7 Å². The molecule has 0 bridgehead atoms. The summed E-state index contributed by atoms with van der Waals surface area (Å²) in [6.07, 6.45) is 9.73. The third-order valence-corrected chi connectivity index (χ3v) is 2.71. The average molecular weight is 337 g/mol. The molecule has 1 aromatic heterocycles. The van der Waals surface area contributed by atoms with Crippen molar-refractivity contribution in [2.75, 3.05) is 0 Å². The summed E-state index contributed by atoms with van der Waals surface area (Å²) in [6.45, 7) is 5.52. The number of nitrogens with zero attached hydrogens (tertiary/aromatic N) is 3. The molecular formula is C12H24IN3. The van der Waals surface area contributed by atoms with Crippen LogP contribution in [-0.2, 0) is 20.0 Å². The fourth-order valence-corrected chi connectivity index (χ4v) is 1.80. The molecule has 0 radical (unpaired) electrons. The predicted molar refractivity (Wildman–Crippen MR) is 61.5 cm³/mol. The van der Waals surface area contributed by atoms with Gasteiger partial charge in [0.1, 0.15) is 13.6 Å². The molecule has 0 aliphatic rings. The van der Waals surface area contributed by atoms with Gasteiger partial charge < -0.3 is 24.0 Å². The monoisotopic (exact) mass is 337 g/mol. The van der Waals surface area contributed by atoms with Crippen LogP contribution in [-0.4, -0.2) is 9.90 Å². The molecule has 16 heavy (non-hydrogen) atoms. The fraction of sp³-hybridized carbons (Fsp3) is 0.833. The van der Waals surface area contributed by atoms with E-state index in [4.69, 9.17) is 0 Å². The van der Waals surface area contributed by atoms with Crippen molar-refractivity contribution >= 4 is 0 Å². The lowest BCUT2D eigenvalue weighted by Gasteiger charge is -1.93. The zero-order valence-electron chi connectivity index (χ0n) is 10.7. The van der Waals surface area contributed by atoms with Gasteiger partial charge in [-0.2, -0.15) is 0 Å². The van der Waals surface area contributed by atoms with Gasteiger partial charge in [-0.05, 0) is 19.3 Å². The molecule has 0 saturated carbocycles. The molecule has 3 nitrogen and oxygen atoms in total. The molecule has 0 aliphatic carbocycles. The van der Waals surface area contributed by atoms with E-state index in [1.165, 1.54) is 37.8 Å². The Morgan fingerprint density at radius 3 is 2.56 bits per heavy atom. The molecule has 0 atom stereocenters. The second kappa shape index (κ2) is 8.96. The van der Waals surface area contributed by atoms with E-state index in [9.17, 15) is 0 Å². The maximum atomic E-state index is 4.46. The van der Waals surface area contributed by atoms with Gasteiger partial charge in [0.15, 0.2) is 11.9 Å². The van der Waals surface area contributed by atoms with Gasteiger partial charge >= 0.3 is 0 Å². The number of aromatic nitrogens is 3. The Labute approximate surface area is 116 Å². The molecule has 0 N–H and O–H groups in total. The first-order valence-corrected chi connectivity index (χ1v) is 6.20. The first-order valence-electron chi connectivity index (χ1n) is 6.20. The van der Waals surface area contributed by atoms with E-state index in [2.05, 4.69) is 29.9 Å². The summed E-state index contributed by atoms with van der Waals surface area (Å²) in [4.78, 5) is 0. The van der Waals surface area contributed by atoms with E-state index in [0.29, 0.717) is 0 Å². The summed E-state index contributed by atoms with van der Waals surface area (Å²) in [6, 6.07) is 0. The largest absolute Gasteiger partial charge is 1.00 e. The summed E-state index contributed by atoms with van der Waals surface area (Å²) in [5.74, 6) is 0. The van der Waals surface area contributed by atoms with Gasteiger partial charge in [0.2, 0.25) is 0 Å². The minimum Gasteiger partial charge on any atom is -1.00 e. The van der Waals surface area contributed by atoms with Crippen LogP contribution in [0.25, 0.3) is 0 Å². The highest BCUT2D eigenvalue weighted by Crippen LogP contribution is 2.02. The van der Waals surface area contributed by atoms with E-state index >= 15 is 0 Å². The van der Waals surface area contributed by atoms with Crippen molar-refractivity contribution < 1.29 is 28.7 Å². The minimum atomic E-state index is 0. The SMILES string of the molecule is CCCCCCn1cc(CCC)[n+](C)n1.[I-]. The highest BCUT2D eigenvalue weighted by Gasteiger charge is 2.10. The molecular weight excluding hydrogens is 313 g/mol. The normalized spacial score (nSPS) is 10.2. The average Bonchev–Trinajstić information content (AvgIpc) is 2.55. The third-order valence-electron chi connectivity index (χ3n) is 2.71. The molecule has 94 valence electrons. The number of rotatable bonds is 7. The maximum Gasteiger partial charge on any atom is 0.167 e. The van der Waals surface area contributed by atoms with Gasteiger partial charge in [-0.25, -0.2) is 0 Å². The number of hydrogen-bond donors (Lipinski definition) is 0. The first-order chi connectivity index (χ1) is 7.27. The Hall–Kier alpha value is -0.130. The zero-order chi connectivity index (χ0) is 11.1. The summed E-state index contributed by atoms with van der Waals surface area (Å²) < 4.78 is 4.09. The molecule has 0 aromatic carbocycles. The van der Waals surface area contributed by atoms with Gasteiger partial charge in [0.05, 0.1) is 5.21 Å². The standard InChI is InChI=1S/C12H24N3.HI/c1-4-6-7-8-10-15-11-12(9-5-2)14(3)13-15;/h11H,4-10H2,1-3H3;1H/q+1;/p-1. The molecule has 0 unspecified atom stereocenters. The summed E-state index contributed by atoms with van der Waals surface area (Å²) >= 11 is 0. The van der Waals surface area contributed by atoms with E-state index in [1.807, 2.05) is 11.7 Å². The highest BCUT2D eigenvalue weighted by atomic mass is 127. The second-order valence-electron chi connectivity index (χ2n) is 4.21. The van der Waals surface area contributed by atoms with E-state index in [1.54, 1.807) is 0 Å². The van der Waals surface area contributed by atoms with Crippen LogP contribution in [0.1, 0.15) is 51.6 Å². The zero-order valence-corrected chi connectivity index (χ0v) is 12.9. The van der Waals surface area contributed by atoms with E-state index in [0.717, 1.165) is 13.0 Å². The number of halogens is 1. The van der Waals surface area contributed by atoms with Crippen molar-refractivity contribution in [1.29, 1.82) is 0 Å². The topological polar surface area (TPSA) is 21.7 Å². The van der Waals surface area contributed by atoms with Crippen LogP contribution in [0.3, 0.4) is 0 Å². The summed E-state index contributed by atoms with van der Waals surface area (Å²) in [5, 5.41) is 4.46. The second-order valence-corrected chi connectivity index (χ2v) is 4.21. The smallest absolute Gasteiger partial charge is 0.167 e. The Balaban J connectivity index is 0.00000225. The first kappa shape index (κ1) is 15.9. The fourth-order valence-electron chi connectivity index (χ4n) is 1.80.